The Hall–Kier alpha value is -1.39. The fraction of sp³-hybridized carbons (Fsp3) is 0.357. The number of hydrogen-bond donors (Lipinski definition) is 1. The van der Waals surface area contributed by atoms with Crippen LogP contribution in [-0.2, 0) is 6.61 Å². The van der Waals surface area contributed by atoms with E-state index in [1.807, 2.05) is 31.2 Å². The topological polar surface area (TPSA) is 42.4 Å². The monoisotopic (exact) mass is 263 g/mol. The van der Waals surface area contributed by atoms with E-state index in [1.54, 1.807) is 0 Å². The Balaban J connectivity index is 2.26. The summed E-state index contributed by atoms with van der Waals surface area (Å²) in [6, 6.07) is 7.93. The Bertz CT molecular complexity index is 522. The van der Waals surface area contributed by atoms with Crippen LogP contribution in [0.4, 0.5) is 0 Å². The summed E-state index contributed by atoms with van der Waals surface area (Å²) in [5.41, 5.74) is 1.94. The molecule has 2 aromatic rings. The molecule has 1 heterocycles. The molecule has 3 nitrogen and oxygen atoms in total. The Labute approximate surface area is 111 Å². The number of benzene rings is 1. The van der Waals surface area contributed by atoms with E-state index < -0.39 is 0 Å². The molecule has 0 saturated carbocycles. The van der Waals surface area contributed by atoms with Crippen molar-refractivity contribution in [2.45, 2.75) is 26.9 Å². The number of rotatable bonds is 5. The third kappa shape index (κ3) is 2.89. The molecule has 0 spiro atoms. The zero-order valence-corrected chi connectivity index (χ0v) is 11.5. The molecule has 96 valence electrons. The molecule has 0 fully saturated rings. The lowest BCUT2D eigenvalue weighted by Crippen LogP contribution is -1.94. The van der Waals surface area contributed by atoms with Crippen molar-refractivity contribution in [2.75, 3.05) is 6.61 Å². The molecule has 0 radical (unpaired) electrons. The van der Waals surface area contributed by atoms with Crippen LogP contribution in [0, 0.1) is 6.92 Å². The first-order valence-electron chi connectivity index (χ1n) is 6.05. The third-order valence-electron chi connectivity index (χ3n) is 2.59. The quantitative estimate of drug-likeness (QED) is 0.899. The van der Waals surface area contributed by atoms with Crippen LogP contribution >= 0.6 is 11.3 Å². The minimum atomic E-state index is 0.0511. The molecule has 1 aromatic carbocycles. The standard InChI is InChI=1S/C14H17NO2S/c1-3-7-17-12-6-4-5-11(8-12)14-15-10(2)13(9-16)18-14/h4-6,8,16H,3,7,9H2,1-2H3. The Morgan fingerprint density at radius 1 is 1.39 bits per heavy atom. The van der Waals surface area contributed by atoms with Gasteiger partial charge in [-0.05, 0) is 25.5 Å². The average Bonchev–Trinajstić information content (AvgIpc) is 2.78. The van der Waals surface area contributed by atoms with Gasteiger partial charge in [-0.3, -0.25) is 0 Å². The van der Waals surface area contributed by atoms with E-state index in [9.17, 15) is 5.11 Å². The van der Waals surface area contributed by atoms with Crippen LogP contribution in [0.25, 0.3) is 10.6 Å². The molecule has 0 amide bonds. The Morgan fingerprint density at radius 3 is 2.89 bits per heavy atom. The maximum absolute atomic E-state index is 9.20. The second kappa shape index (κ2) is 5.98. The molecule has 0 aliphatic rings. The van der Waals surface area contributed by atoms with Crippen molar-refractivity contribution in [1.29, 1.82) is 0 Å². The summed E-state index contributed by atoms with van der Waals surface area (Å²) in [5, 5.41) is 10.1. The summed E-state index contributed by atoms with van der Waals surface area (Å²) in [5.74, 6) is 0.868. The Kier molecular flexibility index (Phi) is 4.33. The number of aromatic nitrogens is 1. The second-order valence-electron chi connectivity index (χ2n) is 4.06. The number of thiazole rings is 1. The molecule has 2 rings (SSSR count). The van der Waals surface area contributed by atoms with Gasteiger partial charge >= 0.3 is 0 Å². The van der Waals surface area contributed by atoms with Gasteiger partial charge in [0, 0.05) is 5.56 Å². The lowest BCUT2D eigenvalue weighted by molar-refractivity contribution is 0.284. The number of aliphatic hydroxyl groups is 1. The number of ether oxygens (including phenoxy) is 1. The third-order valence-corrected chi connectivity index (χ3v) is 3.78. The van der Waals surface area contributed by atoms with Crippen molar-refractivity contribution < 1.29 is 9.84 Å². The van der Waals surface area contributed by atoms with E-state index in [2.05, 4.69) is 11.9 Å². The van der Waals surface area contributed by atoms with Crippen LogP contribution in [0.15, 0.2) is 24.3 Å². The van der Waals surface area contributed by atoms with Gasteiger partial charge in [0.2, 0.25) is 0 Å². The number of aryl methyl sites for hydroxylation is 1. The van der Waals surface area contributed by atoms with E-state index >= 15 is 0 Å². The van der Waals surface area contributed by atoms with Crippen molar-refractivity contribution in [2.24, 2.45) is 0 Å². The molecule has 0 saturated heterocycles. The first-order valence-corrected chi connectivity index (χ1v) is 6.86. The lowest BCUT2D eigenvalue weighted by Gasteiger charge is -2.05. The maximum atomic E-state index is 9.20. The largest absolute Gasteiger partial charge is 0.494 e. The van der Waals surface area contributed by atoms with Crippen LogP contribution in [0.2, 0.25) is 0 Å². The molecule has 0 atom stereocenters. The van der Waals surface area contributed by atoms with Gasteiger partial charge in [0.25, 0.3) is 0 Å². The van der Waals surface area contributed by atoms with Crippen molar-refractivity contribution in [3.8, 4) is 16.3 Å². The summed E-state index contributed by atoms with van der Waals surface area (Å²) in [7, 11) is 0. The smallest absolute Gasteiger partial charge is 0.124 e. The van der Waals surface area contributed by atoms with Gasteiger partial charge in [-0.1, -0.05) is 19.1 Å². The molecule has 18 heavy (non-hydrogen) atoms. The molecular formula is C14H17NO2S. The fourth-order valence-corrected chi connectivity index (χ4v) is 2.56. The van der Waals surface area contributed by atoms with E-state index in [1.165, 1.54) is 11.3 Å². The van der Waals surface area contributed by atoms with Crippen molar-refractivity contribution >= 4 is 11.3 Å². The van der Waals surface area contributed by atoms with Crippen LogP contribution < -0.4 is 4.74 Å². The molecular weight excluding hydrogens is 246 g/mol. The molecule has 0 unspecified atom stereocenters. The predicted octanol–water partition coefficient (Wildman–Crippen LogP) is 3.40. The first-order chi connectivity index (χ1) is 8.74. The van der Waals surface area contributed by atoms with E-state index in [0.29, 0.717) is 0 Å². The van der Waals surface area contributed by atoms with E-state index in [-0.39, 0.29) is 6.61 Å². The highest BCUT2D eigenvalue weighted by Crippen LogP contribution is 2.30. The SMILES string of the molecule is CCCOc1cccc(-c2nc(C)c(CO)s2)c1. The summed E-state index contributed by atoms with van der Waals surface area (Å²) < 4.78 is 5.61. The minimum absolute atomic E-state index is 0.0511. The Morgan fingerprint density at radius 2 is 2.22 bits per heavy atom. The lowest BCUT2D eigenvalue weighted by atomic mass is 10.2. The molecule has 0 bridgehead atoms. The molecule has 4 heteroatoms. The number of nitrogens with zero attached hydrogens (tertiary/aromatic N) is 1. The van der Waals surface area contributed by atoms with E-state index in [0.717, 1.165) is 39.9 Å². The summed E-state index contributed by atoms with van der Waals surface area (Å²) in [6.45, 7) is 4.78. The van der Waals surface area contributed by atoms with Crippen LogP contribution in [0.5, 0.6) is 5.75 Å². The van der Waals surface area contributed by atoms with Crippen LogP contribution in [-0.4, -0.2) is 16.7 Å². The summed E-state index contributed by atoms with van der Waals surface area (Å²) >= 11 is 1.53. The second-order valence-corrected chi connectivity index (χ2v) is 5.15. The summed E-state index contributed by atoms with van der Waals surface area (Å²) in [4.78, 5) is 5.40. The van der Waals surface area contributed by atoms with Gasteiger partial charge in [0.15, 0.2) is 0 Å². The number of hydrogen-bond acceptors (Lipinski definition) is 4. The van der Waals surface area contributed by atoms with Crippen molar-refractivity contribution in [3.05, 3.63) is 34.8 Å². The minimum Gasteiger partial charge on any atom is -0.494 e. The highest BCUT2D eigenvalue weighted by atomic mass is 32.1. The van der Waals surface area contributed by atoms with Gasteiger partial charge in [-0.25, -0.2) is 4.98 Å². The maximum Gasteiger partial charge on any atom is 0.124 e. The average molecular weight is 263 g/mol. The van der Waals surface area contributed by atoms with Crippen molar-refractivity contribution in [3.63, 3.8) is 0 Å². The molecule has 0 aliphatic heterocycles. The number of aliphatic hydroxyl groups excluding tert-OH is 1. The zero-order valence-electron chi connectivity index (χ0n) is 10.6. The van der Waals surface area contributed by atoms with Crippen LogP contribution in [0.1, 0.15) is 23.9 Å². The fourth-order valence-electron chi connectivity index (χ4n) is 1.64. The van der Waals surface area contributed by atoms with Gasteiger partial charge in [-0.2, -0.15) is 0 Å². The van der Waals surface area contributed by atoms with Gasteiger partial charge in [0.1, 0.15) is 10.8 Å². The van der Waals surface area contributed by atoms with Gasteiger partial charge in [-0.15, -0.1) is 11.3 Å². The van der Waals surface area contributed by atoms with Crippen LogP contribution in [0.3, 0.4) is 0 Å². The normalized spacial score (nSPS) is 10.6. The highest BCUT2D eigenvalue weighted by Gasteiger charge is 2.09. The highest BCUT2D eigenvalue weighted by molar-refractivity contribution is 7.15. The summed E-state index contributed by atoms with van der Waals surface area (Å²) in [6.07, 6.45) is 0.995. The van der Waals surface area contributed by atoms with E-state index in [4.69, 9.17) is 4.74 Å². The predicted molar refractivity (Wildman–Crippen MR) is 74.0 cm³/mol. The van der Waals surface area contributed by atoms with Gasteiger partial charge < -0.3 is 9.84 Å². The van der Waals surface area contributed by atoms with Gasteiger partial charge in [0.05, 0.1) is 23.8 Å². The van der Waals surface area contributed by atoms with Crippen molar-refractivity contribution in [1.82, 2.24) is 4.98 Å². The first kappa shape index (κ1) is 13.1. The molecule has 0 aliphatic carbocycles. The zero-order chi connectivity index (χ0) is 13.0. The molecule has 1 N–H and O–H groups in total. The molecule has 1 aromatic heterocycles.